The molecule has 2 bridgehead atoms. The second-order valence-electron chi connectivity index (χ2n) is 5.76. The number of hydrogen-bond acceptors (Lipinski definition) is 4. The minimum atomic E-state index is -4.47. The summed E-state index contributed by atoms with van der Waals surface area (Å²) in [6.45, 7) is 5.08. The third-order valence-corrected chi connectivity index (χ3v) is 7.11. The van der Waals surface area contributed by atoms with Gasteiger partial charge in [-0.3, -0.25) is 4.55 Å². The Morgan fingerprint density at radius 3 is 2.18 bits per heavy atom. The topological polar surface area (TPSA) is 91.7 Å². The Morgan fingerprint density at radius 2 is 1.82 bits per heavy atom. The average molecular weight is 260 g/mol. The van der Waals surface area contributed by atoms with Crippen LogP contribution in [0.1, 0.15) is 33.6 Å². The maximum atomic E-state index is 11.7. The minimum Gasteiger partial charge on any atom is -0.387 e. The molecule has 2 aliphatic rings. The van der Waals surface area contributed by atoms with E-state index in [1.54, 1.807) is 26.7 Å². The number of hydrogen-bond donors (Lipinski definition) is 2. The number of rotatable bonds is 1. The van der Waals surface area contributed by atoms with Crippen LogP contribution in [0.15, 0.2) is 5.57 Å². The first-order valence-corrected chi connectivity index (χ1v) is 6.91. The Morgan fingerprint density at radius 1 is 1.29 bits per heavy atom. The highest BCUT2D eigenvalue weighted by Crippen LogP contribution is 2.71. The standard InChI is InChI=1S/C11H16O5S/c1-9(2)10(3)4-5-11(9,17(14,15)16)7(6-12)8(10)13/h8,13H,4-5H2,1-3H3,(H,14,15,16)/t8-,10+,11+/m1/s1. The molecule has 0 aromatic carbocycles. The van der Waals surface area contributed by atoms with E-state index in [9.17, 15) is 22.9 Å². The van der Waals surface area contributed by atoms with Crippen LogP contribution in [0, 0.1) is 10.8 Å². The van der Waals surface area contributed by atoms with Crippen molar-refractivity contribution in [3.63, 3.8) is 0 Å². The average Bonchev–Trinajstić information content (AvgIpc) is 2.46. The Bertz CT molecular complexity index is 528. The largest absolute Gasteiger partial charge is 0.387 e. The zero-order valence-electron chi connectivity index (χ0n) is 10.0. The molecule has 0 spiro atoms. The number of aliphatic hydroxyl groups excluding tert-OH is 1. The fraction of sp³-hybridized carbons (Fsp3) is 0.818. The molecule has 0 heterocycles. The van der Waals surface area contributed by atoms with Gasteiger partial charge < -0.3 is 5.11 Å². The van der Waals surface area contributed by atoms with E-state index in [1.165, 1.54) is 0 Å². The molecule has 0 aromatic heterocycles. The van der Waals surface area contributed by atoms with Gasteiger partial charge in [-0.15, -0.1) is 0 Å². The Labute approximate surface area is 100 Å². The van der Waals surface area contributed by atoms with Crippen LogP contribution in [0.4, 0.5) is 0 Å². The third-order valence-electron chi connectivity index (χ3n) is 5.30. The van der Waals surface area contributed by atoms with Crippen LogP contribution < -0.4 is 0 Å². The first-order valence-electron chi connectivity index (χ1n) is 5.47. The van der Waals surface area contributed by atoms with Crippen LogP contribution in [0.25, 0.3) is 0 Å². The quantitative estimate of drug-likeness (QED) is 0.531. The van der Waals surface area contributed by atoms with Crippen LogP contribution in [0.3, 0.4) is 0 Å². The molecule has 2 fully saturated rings. The molecular formula is C11H16O5S. The molecule has 0 radical (unpaired) electrons. The molecule has 2 N–H and O–H groups in total. The van der Waals surface area contributed by atoms with Gasteiger partial charge in [0, 0.05) is 5.41 Å². The summed E-state index contributed by atoms with van der Waals surface area (Å²) in [5, 5.41) is 10.1. The molecule has 2 aliphatic carbocycles. The molecule has 5 nitrogen and oxygen atoms in total. The van der Waals surface area contributed by atoms with Gasteiger partial charge in [-0.1, -0.05) is 20.8 Å². The maximum absolute atomic E-state index is 11.7. The van der Waals surface area contributed by atoms with E-state index in [0.717, 1.165) is 0 Å². The zero-order chi connectivity index (χ0) is 13.3. The SMILES string of the molecule is CC1(C)[C@@]2(C)CC[C@]1(S(=O)(=O)O)C(=C=O)[C@H]2O. The molecule has 0 aliphatic heterocycles. The summed E-state index contributed by atoms with van der Waals surface area (Å²) in [4.78, 5) is 11.0. The fourth-order valence-corrected chi connectivity index (χ4v) is 5.41. The summed E-state index contributed by atoms with van der Waals surface area (Å²) < 4.78 is 31.3. The van der Waals surface area contributed by atoms with E-state index >= 15 is 0 Å². The van der Waals surface area contributed by atoms with Crippen molar-refractivity contribution >= 4 is 16.1 Å². The molecule has 96 valence electrons. The van der Waals surface area contributed by atoms with Crippen molar-refractivity contribution in [2.24, 2.45) is 10.8 Å². The van der Waals surface area contributed by atoms with E-state index in [2.05, 4.69) is 0 Å². The molecule has 0 saturated heterocycles. The normalized spacial score (nSPS) is 43.8. The van der Waals surface area contributed by atoms with E-state index < -0.39 is 31.8 Å². The van der Waals surface area contributed by atoms with Gasteiger partial charge in [0.2, 0.25) is 0 Å². The lowest BCUT2D eigenvalue weighted by molar-refractivity contribution is 0.0272. The summed E-state index contributed by atoms with van der Waals surface area (Å²) in [5.41, 5.74) is -1.85. The molecule has 0 amide bonds. The Hall–Kier alpha value is -0.680. The molecule has 3 atom stereocenters. The van der Waals surface area contributed by atoms with Crippen molar-refractivity contribution in [3.05, 3.63) is 5.57 Å². The van der Waals surface area contributed by atoms with Crippen molar-refractivity contribution in [2.75, 3.05) is 0 Å². The predicted octanol–water partition coefficient (Wildman–Crippen LogP) is 0.572. The van der Waals surface area contributed by atoms with Crippen LogP contribution >= 0.6 is 0 Å². The lowest BCUT2D eigenvalue weighted by atomic mass is 9.70. The lowest BCUT2D eigenvalue weighted by Gasteiger charge is -2.38. The van der Waals surface area contributed by atoms with E-state index in [4.69, 9.17) is 0 Å². The van der Waals surface area contributed by atoms with Gasteiger partial charge in [-0.05, 0) is 18.3 Å². The van der Waals surface area contributed by atoms with Crippen molar-refractivity contribution in [3.8, 4) is 0 Å². The highest BCUT2D eigenvalue weighted by atomic mass is 32.2. The summed E-state index contributed by atoms with van der Waals surface area (Å²) in [5.74, 6) is 1.55. The van der Waals surface area contributed by atoms with Crippen LogP contribution in [-0.4, -0.2) is 34.9 Å². The Kier molecular flexibility index (Phi) is 2.26. The highest BCUT2D eigenvalue weighted by Gasteiger charge is 2.77. The summed E-state index contributed by atoms with van der Waals surface area (Å²) in [6.07, 6.45) is -0.561. The first-order chi connectivity index (χ1) is 7.56. The molecule has 2 saturated carbocycles. The summed E-state index contributed by atoms with van der Waals surface area (Å²) >= 11 is 0. The van der Waals surface area contributed by atoms with Gasteiger partial charge in [-0.2, -0.15) is 8.42 Å². The van der Waals surface area contributed by atoms with Crippen LogP contribution in [0.2, 0.25) is 0 Å². The lowest BCUT2D eigenvalue weighted by Crippen LogP contribution is -2.47. The first kappa shape index (κ1) is 12.8. The van der Waals surface area contributed by atoms with E-state index in [0.29, 0.717) is 6.42 Å². The molecule has 0 aromatic rings. The van der Waals surface area contributed by atoms with Gasteiger partial charge in [0.25, 0.3) is 10.1 Å². The van der Waals surface area contributed by atoms with Gasteiger partial charge in [0.15, 0.2) is 0 Å². The second-order valence-corrected chi connectivity index (χ2v) is 7.41. The third kappa shape index (κ3) is 1.03. The van der Waals surface area contributed by atoms with Crippen molar-refractivity contribution < 1.29 is 22.9 Å². The van der Waals surface area contributed by atoms with Gasteiger partial charge >= 0.3 is 0 Å². The number of carbonyl (C=O) groups excluding carboxylic acids is 1. The minimum absolute atomic E-state index is 0.150. The molecular weight excluding hydrogens is 244 g/mol. The number of aliphatic hydroxyl groups is 1. The Balaban J connectivity index is 2.87. The van der Waals surface area contributed by atoms with Gasteiger partial charge in [0.05, 0.1) is 11.7 Å². The van der Waals surface area contributed by atoms with E-state index in [-0.39, 0.29) is 12.0 Å². The maximum Gasteiger partial charge on any atom is 0.275 e. The fourth-order valence-electron chi connectivity index (χ4n) is 3.74. The molecule has 17 heavy (non-hydrogen) atoms. The van der Waals surface area contributed by atoms with Crippen molar-refractivity contribution in [2.45, 2.75) is 44.5 Å². The van der Waals surface area contributed by atoms with Crippen LogP contribution in [0.5, 0.6) is 0 Å². The smallest absolute Gasteiger partial charge is 0.275 e. The van der Waals surface area contributed by atoms with Gasteiger partial charge in [-0.25, -0.2) is 4.79 Å². The zero-order valence-corrected chi connectivity index (χ0v) is 10.8. The van der Waals surface area contributed by atoms with Crippen molar-refractivity contribution in [1.29, 1.82) is 0 Å². The monoisotopic (exact) mass is 260 g/mol. The summed E-state index contributed by atoms with van der Waals surface area (Å²) in [7, 11) is -4.47. The summed E-state index contributed by atoms with van der Waals surface area (Å²) in [6, 6.07) is 0. The van der Waals surface area contributed by atoms with E-state index in [1.807, 2.05) is 0 Å². The molecule has 2 rings (SSSR count). The molecule has 6 heteroatoms. The number of fused-ring (bicyclic) bond motifs is 2. The molecule has 0 unspecified atom stereocenters. The van der Waals surface area contributed by atoms with Crippen LogP contribution in [-0.2, 0) is 14.9 Å². The second kappa shape index (κ2) is 3.01. The van der Waals surface area contributed by atoms with Gasteiger partial charge in [0.1, 0.15) is 10.7 Å². The van der Waals surface area contributed by atoms with Crippen molar-refractivity contribution in [1.82, 2.24) is 0 Å². The predicted molar refractivity (Wildman–Crippen MR) is 60.6 cm³/mol. The highest BCUT2D eigenvalue weighted by molar-refractivity contribution is 7.87.